The van der Waals surface area contributed by atoms with E-state index in [1.54, 1.807) is 41.5 Å². The number of carbonyl (C=O) groups is 3. The Balaban J connectivity index is 2.73. The third-order valence-corrected chi connectivity index (χ3v) is 10.8. The molecule has 0 aliphatic carbocycles. The number of hydrogen-bond donors (Lipinski definition) is 4. The molecule has 4 N–H and O–H groups in total. The van der Waals surface area contributed by atoms with E-state index in [4.69, 9.17) is 23.7 Å². The number of methoxy groups -OCH3 is 1. The summed E-state index contributed by atoms with van der Waals surface area (Å²) in [5.41, 5.74) is -3.23. The smallest absolute Gasteiger partial charge is 0.407 e. The van der Waals surface area contributed by atoms with Gasteiger partial charge in [0.15, 0.2) is 6.29 Å². The Kier molecular flexibility index (Phi) is 16.4. The lowest BCUT2D eigenvalue weighted by atomic mass is 9.74. The fourth-order valence-corrected chi connectivity index (χ4v) is 7.51. The molecule has 2 saturated heterocycles. The zero-order chi connectivity index (χ0) is 37.4. The molecular weight excluding hydrogens is 636 g/mol. The van der Waals surface area contributed by atoms with Crippen LogP contribution >= 0.6 is 0 Å². The van der Waals surface area contributed by atoms with Crippen molar-refractivity contribution in [2.24, 2.45) is 23.7 Å². The van der Waals surface area contributed by atoms with Crippen molar-refractivity contribution in [3.63, 3.8) is 0 Å². The van der Waals surface area contributed by atoms with E-state index in [0.29, 0.717) is 13.0 Å². The van der Waals surface area contributed by atoms with Gasteiger partial charge in [0.2, 0.25) is 0 Å². The molecule has 2 heterocycles. The molecule has 286 valence electrons. The number of carbonyl (C=O) groups excluding carboxylic acids is 3. The fourth-order valence-electron chi connectivity index (χ4n) is 7.51. The number of amides is 1. The van der Waals surface area contributed by atoms with E-state index in [9.17, 15) is 29.7 Å². The summed E-state index contributed by atoms with van der Waals surface area (Å²) < 4.78 is 30.9. The van der Waals surface area contributed by atoms with E-state index in [0.717, 1.165) is 19.3 Å². The van der Waals surface area contributed by atoms with Crippen LogP contribution < -0.4 is 5.32 Å². The number of likely N-dealkylation sites (N-methyl/N-ethyl adjacent to an activating group) is 1. The maximum atomic E-state index is 13.9. The minimum atomic E-state index is -1.97. The fraction of sp³-hybridized carbons (Fsp3) is 0.917. The van der Waals surface area contributed by atoms with Crippen LogP contribution in [-0.2, 0) is 33.3 Å². The van der Waals surface area contributed by atoms with E-state index in [2.05, 4.69) is 12.2 Å². The predicted octanol–water partition coefficient (Wildman–Crippen LogP) is 3.44. The quantitative estimate of drug-likeness (QED) is 0.193. The number of rotatable bonds is 10. The standard InChI is InChI=1S/C36H66N2O11/c1-13-15-16-17-37-34(43)48-29-23(6)31(49-33-28(40)25(38(10)11)18-21(4)46-33)35(8,45-12)19-20(3)27(39)22(5)30(41)36(9,44)26(14-2)47-32(42)24(29)7/h20-26,28-31,33,40-41,44H,13-19H2,1-12H3,(H,37,43)/t20-,21-,22+,23+,24-,25+,26-,28-,29+,30-,31-,33+,35-,36-/m1/s1. The van der Waals surface area contributed by atoms with Crippen molar-refractivity contribution in [3.05, 3.63) is 0 Å². The maximum Gasteiger partial charge on any atom is 0.407 e. The molecule has 0 saturated carbocycles. The van der Waals surface area contributed by atoms with Crippen LogP contribution in [0.25, 0.3) is 0 Å². The highest BCUT2D eigenvalue weighted by Gasteiger charge is 2.52. The van der Waals surface area contributed by atoms with Crippen LogP contribution in [0.2, 0.25) is 0 Å². The summed E-state index contributed by atoms with van der Waals surface area (Å²) in [6.45, 7) is 15.7. The number of aliphatic hydroxyl groups excluding tert-OH is 2. The van der Waals surface area contributed by atoms with Gasteiger partial charge in [0.05, 0.1) is 29.8 Å². The zero-order valence-electron chi connectivity index (χ0n) is 31.9. The first kappa shape index (κ1) is 43.3. The van der Waals surface area contributed by atoms with Crippen molar-refractivity contribution in [1.82, 2.24) is 10.2 Å². The van der Waals surface area contributed by atoms with E-state index in [-0.39, 0.29) is 30.8 Å². The lowest BCUT2D eigenvalue weighted by Gasteiger charge is -2.48. The maximum absolute atomic E-state index is 13.9. The third-order valence-electron chi connectivity index (χ3n) is 10.8. The number of Topliss-reactive ketones (excluding diaryl/α,β-unsaturated/α-hetero) is 1. The molecule has 0 bridgehead atoms. The molecule has 0 aromatic heterocycles. The van der Waals surface area contributed by atoms with E-state index in [1.165, 1.54) is 14.0 Å². The van der Waals surface area contributed by atoms with Crippen LogP contribution in [0.3, 0.4) is 0 Å². The Morgan fingerprint density at radius 2 is 1.67 bits per heavy atom. The lowest BCUT2D eigenvalue weighted by molar-refractivity contribution is -0.301. The number of hydrogen-bond acceptors (Lipinski definition) is 12. The van der Waals surface area contributed by atoms with Gasteiger partial charge in [0, 0.05) is 37.5 Å². The predicted molar refractivity (Wildman–Crippen MR) is 184 cm³/mol. The second kappa shape index (κ2) is 18.6. The van der Waals surface area contributed by atoms with Crippen molar-refractivity contribution in [2.75, 3.05) is 27.7 Å². The van der Waals surface area contributed by atoms with Gasteiger partial charge in [-0.15, -0.1) is 0 Å². The van der Waals surface area contributed by atoms with Gasteiger partial charge >= 0.3 is 12.1 Å². The lowest BCUT2D eigenvalue weighted by Crippen LogP contribution is -2.60. The second-order valence-electron chi connectivity index (χ2n) is 15.1. The molecule has 2 fully saturated rings. The molecule has 14 atom stereocenters. The summed E-state index contributed by atoms with van der Waals surface area (Å²) in [4.78, 5) is 42.9. The molecule has 0 aromatic rings. The molecule has 0 unspecified atom stereocenters. The summed E-state index contributed by atoms with van der Waals surface area (Å²) >= 11 is 0. The van der Waals surface area contributed by atoms with Crippen molar-refractivity contribution in [2.45, 2.75) is 161 Å². The number of alkyl carbamates (subject to hydrolysis) is 1. The Morgan fingerprint density at radius 1 is 1.04 bits per heavy atom. The van der Waals surface area contributed by atoms with Gasteiger partial charge in [-0.2, -0.15) is 0 Å². The van der Waals surface area contributed by atoms with E-state index < -0.39 is 83.7 Å². The minimum Gasteiger partial charge on any atom is -0.459 e. The van der Waals surface area contributed by atoms with Gasteiger partial charge in [0.25, 0.3) is 0 Å². The summed E-state index contributed by atoms with van der Waals surface area (Å²) in [6.07, 6.45) is -4.61. The highest BCUT2D eigenvalue weighted by molar-refractivity contribution is 5.83. The molecule has 2 aliphatic rings. The minimum absolute atomic E-state index is 0.0952. The first-order valence-electron chi connectivity index (χ1n) is 18.1. The van der Waals surface area contributed by atoms with Crippen molar-refractivity contribution < 1.29 is 53.4 Å². The monoisotopic (exact) mass is 702 g/mol. The molecule has 0 radical (unpaired) electrons. The van der Waals surface area contributed by atoms with Crippen LogP contribution in [0, 0.1) is 23.7 Å². The van der Waals surface area contributed by atoms with Crippen molar-refractivity contribution in [3.8, 4) is 0 Å². The molecule has 0 aromatic carbocycles. The molecule has 2 aliphatic heterocycles. The number of cyclic esters (lactones) is 1. The molecule has 2 rings (SSSR count). The Morgan fingerprint density at radius 3 is 2.22 bits per heavy atom. The highest BCUT2D eigenvalue weighted by Crippen LogP contribution is 2.40. The molecule has 0 spiro atoms. The summed E-state index contributed by atoms with van der Waals surface area (Å²) in [5.74, 6) is -4.67. The van der Waals surface area contributed by atoms with Crippen LogP contribution in [0.4, 0.5) is 4.79 Å². The molecule has 13 heteroatoms. The highest BCUT2D eigenvalue weighted by atomic mass is 16.7. The summed E-state index contributed by atoms with van der Waals surface area (Å²) in [6, 6.07) is -0.284. The van der Waals surface area contributed by atoms with Crippen LogP contribution in [-0.4, -0.2) is 126 Å². The average molecular weight is 703 g/mol. The molecule has 13 nitrogen and oxygen atoms in total. The third kappa shape index (κ3) is 10.6. The SMILES string of the molecule is CCCCCNC(=O)O[C@H]1[C@H](C)[C@@H](O[C@@H]2O[C@H](C)C[C@H](N(C)C)[C@H]2O)[C@](C)(OC)C[C@@H](C)C(=O)[C@H](C)[C@@H](O)[C@](C)(O)[C@@H](CC)OC(=O)[C@@H]1C. The number of ether oxygens (including phenoxy) is 5. The van der Waals surface area contributed by atoms with Gasteiger partial charge in [-0.1, -0.05) is 47.5 Å². The number of nitrogens with one attached hydrogen (secondary N) is 1. The first-order chi connectivity index (χ1) is 22.8. The Bertz CT molecular complexity index is 1070. The Labute approximate surface area is 293 Å². The number of nitrogens with zero attached hydrogens (tertiary/aromatic N) is 1. The largest absolute Gasteiger partial charge is 0.459 e. The zero-order valence-corrected chi connectivity index (χ0v) is 31.9. The van der Waals surface area contributed by atoms with E-state index in [1.807, 2.05) is 25.9 Å². The number of aliphatic hydroxyl groups is 3. The van der Waals surface area contributed by atoms with Gasteiger partial charge in [-0.3, -0.25) is 9.59 Å². The number of ketones is 1. The van der Waals surface area contributed by atoms with Gasteiger partial charge < -0.3 is 49.2 Å². The van der Waals surface area contributed by atoms with E-state index >= 15 is 0 Å². The van der Waals surface area contributed by atoms with Crippen LogP contribution in [0.5, 0.6) is 0 Å². The number of esters is 1. The molecular formula is C36H66N2O11. The van der Waals surface area contributed by atoms with Crippen molar-refractivity contribution in [1.29, 1.82) is 0 Å². The number of unbranched alkanes of at least 4 members (excludes halogenated alkanes) is 2. The topological polar surface area (TPSA) is 173 Å². The van der Waals surface area contributed by atoms with Gasteiger partial charge in [0.1, 0.15) is 29.7 Å². The second-order valence-corrected chi connectivity index (χ2v) is 15.1. The van der Waals surface area contributed by atoms with Gasteiger partial charge in [-0.05, 0) is 67.5 Å². The molecule has 1 amide bonds. The summed E-state index contributed by atoms with van der Waals surface area (Å²) in [5, 5.41) is 37.1. The normalized spacial score (nSPS) is 41.6. The molecule has 49 heavy (non-hydrogen) atoms. The van der Waals surface area contributed by atoms with Crippen LogP contribution in [0.1, 0.15) is 101 Å². The summed E-state index contributed by atoms with van der Waals surface area (Å²) in [7, 11) is 5.22. The average Bonchev–Trinajstić information content (AvgIpc) is 3.05. The van der Waals surface area contributed by atoms with Crippen LogP contribution in [0.15, 0.2) is 0 Å². The first-order valence-corrected chi connectivity index (χ1v) is 18.1. The van der Waals surface area contributed by atoms with Crippen molar-refractivity contribution >= 4 is 17.8 Å². The Hall–Kier alpha value is -1.87. The van der Waals surface area contributed by atoms with Gasteiger partial charge in [-0.25, -0.2) is 4.79 Å².